The summed E-state index contributed by atoms with van der Waals surface area (Å²) in [5.74, 6) is 1.13. The largest absolute Gasteiger partial charge is 0.493 e. The van der Waals surface area contributed by atoms with Crippen molar-refractivity contribution in [3.05, 3.63) is 53.3 Å². The highest BCUT2D eigenvalue weighted by atomic mass is 16.5. The van der Waals surface area contributed by atoms with Gasteiger partial charge in [-0.3, -0.25) is 9.78 Å². The highest BCUT2D eigenvalue weighted by molar-refractivity contribution is 5.76. The topological polar surface area (TPSA) is 48.4 Å². The molecule has 2 aromatic rings. The van der Waals surface area contributed by atoms with E-state index in [-0.39, 0.29) is 0 Å². The van der Waals surface area contributed by atoms with Crippen molar-refractivity contribution < 1.29 is 14.3 Å². The summed E-state index contributed by atoms with van der Waals surface area (Å²) in [6.07, 6.45) is 0.772. The lowest BCUT2D eigenvalue weighted by Gasteiger charge is -2.10. The van der Waals surface area contributed by atoms with Gasteiger partial charge < -0.3 is 9.47 Å². The summed E-state index contributed by atoms with van der Waals surface area (Å²) in [6.45, 7) is 2.29. The summed E-state index contributed by atoms with van der Waals surface area (Å²) >= 11 is 0. The number of aromatic nitrogens is 1. The highest BCUT2D eigenvalue weighted by Gasteiger charge is 2.06. The fraction of sp³-hybridized carbons (Fsp3) is 0.200. The molecule has 2 rings (SSSR count). The van der Waals surface area contributed by atoms with E-state index in [0.717, 1.165) is 17.7 Å². The molecule has 0 unspecified atom stereocenters. The summed E-state index contributed by atoms with van der Waals surface area (Å²) < 4.78 is 10.9. The Labute approximate surface area is 112 Å². The molecule has 19 heavy (non-hydrogen) atoms. The van der Waals surface area contributed by atoms with Gasteiger partial charge in [0.25, 0.3) is 0 Å². The van der Waals surface area contributed by atoms with E-state index in [1.807, 2.05) is 25.1 Å². The first-order valence-electron chi connectivity index (χ1n) is 5.91. The van der Waals surface area contributed by atoms with Crippen LogP contribution in [0.25, 0.3) is 0 Å². The molecule has 0 saturated heterocycles. The second-order valence-electron chi connectivity index (χ2n) is 4.09. The van der Waals surface area contributed by atoms with Crippen molar-refractivity contribution in [2.45, 2.75) is 13.5 Å². The maximum absolute atomic E-state index is 10.7. The second-order valence-corrected chi connectivity index (χ2v) is 4.09. The van der Waals surface area contributed by atoms with Gasteiger partial charge in [-0.15, -0.1) is 0 Å². The van der Waals surface area contributed by atoms with E-state index in [9.17, 15) is 4.79 Å². The van der Waals surface area contributed by atoms with Gasteiger partial charge in [0.2, 0.25) is 0 Å². The smallest absolute Gasteiger partial charge is 0.161 e. The van der Waals surface area contributed by atoms with E-state index in [0.29, 0.717) is 23.7 Å². The molecule has 1 aromatic heterocycles. The number of rotatable bonds is 5. The molecule has 0 aliphatic heterocycles. The maximum Gasteiger partial charge on any atom is 0.161 e. The van der Waals surface area contributed by atoms with Gasteiger partial charge in [-0.2, -0.15) is 0 Å². The van der Waals surface area contributed by atoms with Crippen LogP contribution >= 0.6 is 0 Å². The van der Waals surface area contributed by atoms with E-state index < -0.39 is 0 Å². The number of aryl methyl sites for hydroxylation is 1. The monoisotopic (exact) mass is 257 g/mol. The van der Waals surface area contributed by atoms with Crippen LogP contribution in [0.5, 0.6) is 11.5 Å². The zero-order valence-corrected chi connectivity index (χ0v) is 10.9. The number of hydrogen-bond donors (Lipinski definition) is 0. The van der Waals surface area contributed by atoms with Gasteiger partial charge >= 0.3 is 0 Å². The number of aldehydes is 1. The van der Waals surface area contributed by atoms with Crippen molar-refractivity contribution >= 4 is 6.29 Å². The Hall–Kier alpha value is -2.36. The summed E-state index contributed by atoms with van der Waals surface area (Å²) in [5, 5.41) is 0. The molecule has 0 fully saturated rings. The molecule has 0 bridgehead atoms. The second kappa shape index (κ2) is 6.00. The molecular weight excluding hydrogens is 242 g/mol. The average molecular weight is 257 g/mol. The van der Waals surface area contributed by atoms with Crippen LogP contribution in [0.1, 0.15) is 21.7 Å². The summed E-state index contributed by atoms with van der Waals surface area (Å²) in [5.41, 5.74) is 2.35. The van der Waals surface area contributed by atoms with Crippen LogP contribution in [-0.4, -0.2) is 18.4 Å². The first kappa shape index (κ1) is 13.1. The lowest BCUT2D eigenvalue weighted by Crippen LogP contribution is -2.00. The number of benzene rings is 1. The number of methoxy groups -OCH3 is 1. The Morgan fingerprint density at radius 3 is 2.74 bits per heavy atom. The third kappa shape index (κ3) is 3.31. The van der Waals surface area contributed by atoms with Gasteiger partial charge in [0, 0.05) is 11.3 Å². The third-order valence-electron chi connectivity index (χ3n) is 2.65. The molecule has 4 nitrogen and oxygen atoms in total. The lowest BCUT2D eigenvalue weighted by atomic mass is 10.2. The highest BCUT2D eigenvalue weighted by Crippen LogP contribution is 2.28. The van der Waals surface area contributed by atoms with E-state index in [1.165, 1.54) is 0 Å². The number of ether oxygens (including phenoxy) is 2. The zero-order chi connectivity index (χ0) is 13.7. The average Bonchev–Trinajstić information content (AvgIpc) is 2.45. The van der Waals surface area contributed by atoms with Crippen LogP contribution in [0.3, 0.4) is 0 Å². The van der Waals surface area contributed by atoms with Crippen molar-refractivity contribution in [3.8, 4) is 11.5 Å². The molecule has 1 heterocycles. The predicted molar refractivity (Wildman–Crippen MR) is 71.7 cm³/mol. The molecule has 0 aliphatic rings. The number of carbonyl (C=O) groups excluding carboxylic acids is 1. The minimum atomic E-state index is 0.360. The normalized spacial score (nSPS) is 10.0. The molecule has 0 aliphatic carbocycles. The first-order chi connectivity index (χ1) is 9.22. The number of hydrogen-bond acceptors (Lipinski definition) is 4. The van der Waals surface area contributed by atoms with Crippen molar-refractivity contribution in [3.63, 3.8) is 0 Å². The molecule has 4 heteroatoms. The van der Waals surface area contributed by atoms with Gasteiger partial charge in [0.1, 0.15) is 12.9 Å². The standard InChI is InChI=1S/C15H15NO3/c1-11-4-3-5-13(16-11)10-19-14-7-6-12(9-17)8-15(14)18-2/h3-9H,10H2,1-2H3. The quantitative estimate of drug-likeness (QED) is 0.773. The van der Waals surface area contributed by atoms with Crippen LogP contribution in [0.4, 0.5) is 0 Å². The maximum atomic E-state index is 10.7. The van der Waals surface area contributed by atoms with Crippen LogP contribution in [0.15, 0.2) is 36.4 Å². The van der Waals surface area contributed by atoms with Crippen LogP contribution in [0.2, 0.25) is 0 Å². The fourth-order valence-corrected chi connectivity index (χ4v) is 1.71. The molecular formula is C15H15NO3. The third-order valence-corrected chi connectivity index (χ3v) is 2.65. The van der Waals surface area contributed by atoms with E-state index >= 15 is 0 Å². The fourth-order valence-electron chi connectivity index (χ4n) is 1.71. The van der Waals surface area contributed by atoms with Crippen LogP contribution in [0, 0.1) is 6.92 Å². The van der Waals surface area contributed by atoms with Crippen molar-refractivity contribution in [2.24, 2.45) is 0 Å². The molecule has 1 aromatic carbocycles. The SMILES string of the molecule is COc1cc(C=O)ccc1OCc1cccc(C)n1. The number of nitrogens with zero attached hydrogens (tertiary/aromatic N) is 1. The van der Waals surface area contributed by atoms with Gasteiger partial charge in [0.15, 0.2) is 11.5 Å². The molecule has 0 spiro atoms. The molecule has 0 atom stereocenters. The summed E-state index contributed by atoms with van der Waals surface area (Å²) in [6, 6.07) is 10.8. The predicted octanol–water partition coefficient (Wildman–Crippen LogP) is 2.79. The van der Waals surface area contributed by atoms with Crippen LogP contribution in [-0.2, 0) is 6.61 Å². The Balaban J connectivity index is 2.13. The molecule has 0 amide bonds. The molecule has 0 N–H and O–H groups in total. The Bertz CT molecular complexity index is 581. The summed E-state index contributed by atoms with van der Waals surface area (Å²) in [4.78, 5) is 15.1. The Kier molecular flexibility index (Phi) is 4.13. The molecule has 0 saturated carbocycles. The van der Waals surface area contributed by atoms with Gasteiger partial charge in [-0.1, -0.05) is 6.07 Å². The van der Waals surface area contributed by atoms with Crippen molar-refractivity contribution in [1.82, 2.24) is 4.98 Å². The molecule has 98 valence electrons. The minimum absolute atomic E-state index is 0.360. The first-order valence-corrected chi connectivity index (χ1v) is 5.91. The Morgan fingerprint density at radius 1 is 1.21 bits per heavy atom. The number of carbonyl (C=O) groups is 1. The van der Waals surface area contributed by atoms with Crippen LogP contribution < -0.4 is 9.47 Å². The van der Waals surface area contributed by atoms with E-state index in [1.54, 1.807) is 25.3 Å². The van der Waals surface area contributed by atoms with Gasteiger partial charge in [-0.05, 0) is 37.3 Å². The van der Waals surface area contributed by atoms with Gasteiger partial charge in [0.05, 0.1) is 12.8 Å². The van der Waals surface area contributed by atoms with Gasteiger partial charge in [-0.25, -0.2) is 0 Å². The Morgan fingerprint density at radius 2 is 2.05 bits per heavy atom. The summed E-state index contributed by atoms with van der Waals surface area (Å²) in [7, 11) is 1.54. The molecule has 0 radical (unpaired) electrons. The van der Waals surface area contributed by atoms with Crippen molar-refractivity contribution in [1.29, 1.82) is 0 Å². The number of pyridine rings is 1. The lowest BCUT2D eigenvalue weighted by molar-refractivity contribution is 0.112. The van der Waals surface area contributed by atoms with E-state index in [4.69, 9.17) is 9.47 Å². The zero-order valence-electron chi connectivity index (χ0n) is 10.9. The van der Waals surface area contributed by atoms with E-state index in [2.05, 4.69) is 4.98 Å². The van der Waals surface area contributed by atoms with Crippen molar-refractivity contribution in [2.75, 3.05) is 7.11 Å². The minimum Gasteiger partial charge on any atom is -0.493 e.